The Balaban J connectivity index is 1.94. The minimum atomic E-state index is -0.331. The maximum atomic E-state index is 13.7. The van der Waals surface area contributed by atoms with Gasteiger partial charge < -0.3 is 10.1 Å². The van der Waals surface area contributed by atoms with Crippen LogP contribution in [0, 0.1) is 5.82 Å². The number of hydrogen-bond acceptors (Lipinski definition) is 2. The van der Waals surface area contributed by atoms with Gasteiger partial charge in [-0.15, -0.1) is 0 Å². The van der Waals surface area contributed by atoms with E-state index in [1.807, 2.05) is 6.07 Å². The molecule has 0 bridgehead atoms. The summed E-state index contributed by atoms with van der Waals surface area (Å²) in [7, 11) is 0. The van der Waals surface area contributed by atoms with Gasteiger partial charge in [0.1, 0.15) is 11.5 Å². The van der Waals surface area contributed by atoms with E-state index < -0.39 is 0 Å². The second-order valence-electron chi connectivity index (χ2n) is 6.15. The van der Waals surface area contributed by atoms with Crippen LogP contribution in [0.15, 0.2) is 30.4 Å². The molecule has 2 heterocycles. The number of nitrogens with one attached hydrogen (secondary N) is 1. The predicted octanol–water partition coefficient (Wildman–Crippen LogP) is 3.74. The summed E-state index contributed by atoms with van der Waals surface area (Å²) in [5, 5.41) is 3.56. The number of hydrogen-bond donors (Lipinski definition) is 1. The van der Waals surface area contributed by atoms with Gasteiger partial charge in [-0.25, -0.2) is 4.39 Å². The number of halogens is 1. The van der Waals surface area contributed by atoms with Gasteiger partial charge in [0, 0.05) is 11.1 Å². The molecule has 2 fully saturated rings. The Morgan fingerprint density at radius 1 is 1.26 bits per heavy atom. The zero-order chi connectivity index (χ0) is 13.1. The Bertz CT molecular complexity index is 570. The fraction of sp³-hybridized carbons (Fsp3) is 0.500. The first-order valence-electron chi connectivity index (χ1n) is 7.04. The van der Waals surface area contributed by atoms with Gasteiger partial charge in [-0.05, 0) is 49.4 Å². The third-order valence-electron chi connectivity index (χ3n) is 5.06. The van der Waals surface area contributed by atoms with E-state index in [1.54, 1.807) is 6.07 Å². The quantitative estimate of drug-likeness (QED) is 0.717. The second-order valence-corrected chi connectivity index (χ2v) is 6.15. The highest BCUT2D eigenvalue weighted by Crippen LogP contribution is 2.60. The molecule has 1 saturated carbocycles. The van der Waals surface area contributed by atoms with Crippen molar-refractivity contribution in [3.05, 3.63) is 41.7 Å². The van der Waals surface area contributed by atoms with E-state index in [0.717, 1.165) is 42.5 Å². The molecule has 2 aliphatic heterocycles. The van der Waals surface area contributed by atoms with Crippen LogP contribution in [0.2, 0.25) is 0 Å². The van der Waals surface area contributed by atoms with Crippen LogP contribution in [-0.4, -0.2) is 12.3 Å². The summed E-state index contributed by atoms with van der Waals surface area (Å²) in [4.78, 5) is 0. The standard InChI is InChI=1S/C16H18FNO/c1-11-9-15-6-2-3-7-16(15,19-10-11)18-14-5-4-12(17)8-13(14)15/h4-5,8,18H,1-3,6-7,9-10H2/t15-,16-/m1/s1. The molecule has 0 amide bonds. The summed E-state index contributed by atoms with van der Waals surface area (Å²) in [5.41, 5.74) is 2.81. The number of fused-ring (bicyclic) bond motifs is 1. The van der Waals surface area contributed by atoms with Crippen molar-refractivity contribution in [2.45, 2.75) is 43.2 Å². The minimum Gasteiger partial charge on any atom is -0.357 e. The summed E-state index contributed by atoms with van der Waals surface area (Å²) in [6.45, 7) is 4.72. The molecule has 2 nitrogen and oxygen atoms in total. The lowest BCUT2D eigenvalue weighted by atomic mass is 9.61. The van der Waals surface area contributed by atoms with Crippen molar-refractivity contribution in [3.8, 4) is 0 Å². The summed E-state index contributed by atoms with van der Waals surface area (Å²) in [6, 6.07) is 5.07. The van der Waals surface area contributed by atoms with E-state index in [0.29, 0.717) is 6.61 Å². The van der Waals surface area contributed by atoms with Crippen LogP contribution in [0.25, 0.3) is 0 Å². The van der Waals surface area contributed by atoms with Gasteiger partial charge >= 0.3 is 0 Å². The molecule has 0 radical (unpaired) electrons. The van der Waals surface area contributed by atoms with Crippen LogP contribution < -0.4 is 5.32 Å². The molecular weight excluding hydrogens is 241 g/mol. The molecule has 1 saturated heterocycles. The molecule has 1 N–H and O–H groups in total. The molecule has 0 spiro atoms. The lowest BCUT2D eigenvalue weighted by Crippen LogP contribution is -2.59. The molecule has 100 valence electrons. The Kier molecular flexibility index (Phi) is 2.17. The zero-order valence-electron chi connectivity index (χ0n) is 11.0. The van der Waals surface area contributed by atoms with Gasteiger partial charge in [0.2, 0.25) is 0 Å². The van der Waals surface area contributed by atoms with Gasteiger partial charge in [0.25, 0.3) is 0 Å². The lowest BCUT2D eigenvalue weighted by molar-refractivity contribution is -0.111. The van der Waals surface area contributed by atoms with E-state index in [2.05, 4.69) is 11.9 Å². The summed E-state index contributed by atoms with van der Waals surface area (Å²) in [5.74, 6) is -0.160. The fourth-order valence-corrected chi connectivity index (χ4v) is 4.29. The van der Waals surface area contributed by atoms with Gasteiger partial charge in [0.05, 0.1) is 6.61 Å². The highest BCUT2D eigenvalue weighted by Gasteiger charge is 2.61. The molecule has 0 aromatic heterocycles. The molecule has 2 atom stereocenters. The molecule has 3 heteroatoms. The molecule has 4 rings (SSSR count). The van der Waals surface area contributed by atoms with E-state index >= 15 is 0 Å². The minimum absolute atomic E-state index is 0.113. The molecule has 1 aromatic rings. The van der Waals surface area contributed by atoms with Gasteiger partial charge in [-0.2, -0.15) is 0 Å². The van der Waals surface area contributed by atoms with E-state index in [-0.39, 0.29) is 17.0 Å². The van der Waals surface area contributed by atoms with Crippen molar-refractivity contribution in [1.82, 2.24) is 0 Å². The van der Waals surface area contributed by atoms with Crippen LogP contribution in [0.4, 0.5) is 10.1 Å². The molecule has 1 aliphatic carbocycles. The van der Waals surface area contributed by atoms with Crippen molar-refractivity contribution in [3.63, 3.8) is 0 Å². The molecular formula is C16H18FNO. The van der Waals surface area contributed by atoms with Gasteiger partial charge in [0.15, 0.2) is 0 Å². The van der Waals surface area contributed by atoms with E-state index in [1.165, 1.54) is 12.5 Å². The van der Waals surface area contributed by atoms with Crippen molar-refractivity contribution in [2.75, 3.05) is 11.9 Å². The van der Waals surface area contributed by atoms with Gasteiger partial charge in [-0.1, -0.05) is 18.6 Å². The topological polar surface area (TPSA) is 21.3 Å². The monoisotopic (exact) mass is 259 g/mol. The Hall–Kier alpha value is -1.35. The van der Waals surface area contributed by atoms with Crippen molar-refractivity contribution < 1.29 is 9.13 Å². The normalized spacial score (nSPS) is 36.2. The highest BCUT2D eigenvalue weighted by atomic mass is 19.1. The van der Waals surface area contributed by atoms with Crippen molar-refractivity contribution >= 4 is 5.69 Å². The summed E-state index contributed by atoms with van der Waals surface area (Å²) < 4.78 is 19.9. The predicted molar refractivity (Wildman–Crippen MR) is 72.6 cm³/mol. The molecule has 1 aromatic carbocycles. The summed E-state index contributed by atoms with van der Waals surface area (Å²) in [6.07, 6.45) is 5.30. The average Bonchev–Trinajstić information content (AvgIpc) is 2.69. The SMILES string of the molecule is C=C1CO[C@]23CCCC[C@@]2(C1)c1cc(F)ccc1N3. The first-order valence-corrected chi connectivity index (χ1v) is 7.04. The molecule has 19 heavy (non-hydrogen) atoms. The maximum Gasteiger partial charge on any atom is 0.149 e. The average molecular weight is 259 g/mol. The largest absolute Gasteiger partial charge is 0.357 e. The lowest BCUT2D eigenvalue weighted by Gasteiger charge is -2.52. The first kappa shape index (κ1) is 11.5. The van der Waals surface area contributed by atoms with Crippen LogP contribution in [-0.2, 0) is 10.2 Å². The number of ether oxygens (including phenoxy) is 1. The summed E-state index contributed by atoms with van der Waals surface area (Å²) >= 11 is 0. The fourth-order valence-electron chi connectivity index (χ4n) is 4.29. The van der Waals surface area contributed by atoms with E-state index in [9.17, 15) is 4.39 Å². The molecule has 3 aliphatic rings. The van der Waals surface area contributed by atoms with Crippen LogP contribution in [0.1, 0.15) is 37.7 Å². The first-order chi connectivity index (χ1) is 9.15. The van der Waals surface area contributed by atoms with Crippen LogP contribution >= 0.6 is 0 Å². The highest BCUT2D eigenvalue weighted by molar-refractivity contribution is 5.65. The molecule has 0 unspecified atom stereocenters. The van der Waals surface area contributed by atoms with Crippen LogP contribution in [0.5, 0.6) is 0 Å². The Morgan fingerprint density at radius 3 is 3.00 bits per heavy atom. The number of rotatable bonds is 0. The Morgan fingerprint density at radius 2 is 2.11 bits per heavy atom. The number of benzene rings is 1. The third-order valence-corrected chi connectivity index (χ3v) is 5.06. The van der Waals surface area contributed by atoms with Crippen molar-refractivity contribution in [1.29, 1.82) is 0 Å². The Labute approximate surface area is 112 Å². The van der Waals surface area contributed by atoms with Crippen LogP contribution in [0.3, 0.4) is 0 Å². The smallest absolute Gasteiger partial charge is 0.149 e. The third kappa shape index (κ3) is 1.34. The zero-order valence-corrected chi connectivity index (χ0v) is 11.0. The van der Waals surface area contributed by atoms with E-state index in [4.69, 9.17) is 4.74 Å². The number of anilines is 1. The second kappa shape index (κ2) is 3.60. The maximum absolute atomic E-state index is 13.7. The van der Waals surface area contributed by atoms with Gasteiger partial charge in [-0.3, -0.25) is 0 Å². The van der Waals surface area contributed by atoms with Crippen molar-refractivity contribution in [2.24, 2.45) is 0 Å².